The highest BCUT2D eigenvalue weighted by atomic mass is 32.1. The van der Waals surface area contributed by atoms with Crippen LogP contribution in [0.3, 0.4) is 0 Å². The standard InChI is InChI=1S/C16H16N4S/c1-2-4-12(5-3-1)14-7-20(6-13-9-21-11-19-13)8-15-16(14)18-10-17-15/h1-5,9-11,14H,6-8H2,(H,17,18). The number of nitrogens with one attached hydrogen (secondary N) is 1. The Hall–Kier alpha value is -1.98. The Bertz CT molecular complexity index is 705. The predicted molar refractivity (Wildman–Crippen MR) is 83.1 cm³/mol. The number of H-pyrrole nitrogens is 1. The van der Waals surface area contributed by atoms with Crippen molar-refractivity contribution >= 4 is 11.3 Å². The molecule has 1 aromatic carbocycles. The van der Waals surface area contributed by atoms with Gasteiger partial charge in [-0.1, -0.05) is 30.3 Å². The van der Waals surface area contributed by atoms with Crippen LogP contribution in [0.4, 0.5) is 0 Å². The van der Waals surface area contributed by atoms with Gasteiger partial charge in [-0.05, 0) is 5.56 Å². The summed E-state index contributed by atoms with van der Waals surface area (Å²) in [7, 11) is 0. The molecule has 3 heterocycles. The Morgan fingerprint density at radius 3 is 2.95 bits per heavy atom. The van der Waals surface area contributed by atoms with Gasteiger partial charge in [-0.2, -0.15) is 0 Å². The number of aromatic amines is 1. The van der Waals surface area contributed by atoms with E-state index in [1.54, 1.807) is 11.3 Å². The fourth-order valence-corrected chi connectivity index (χ4v) is 3.55. The average molecular weight is 296 g/mol. The van der Waals surface area contributed by atoms with Crippen LogP contribution >= 0.6 is 11.3 Å². The third-order valence-electron chi connectivity index (χ3n) is 3.98. The first kappa shape index (κ1) is 12.7. The zero-order valence-corrected chi connectivity index (χ0v) is 12.4. The van der Waals surface area contributed by atoms with Crippen molar-refractivity contribution in [1.82, 2.24) is 19.9 Å². The van der Waals surface area contributed by atoms with Gasteiger partial charge in [-0.15, -0.1) is 11.3 Å². The van der Waals surface area contributed by atoms with E-state index in [1.165, 1.54) is 17.0 Å². The highest BCUT2D eigenvalue weighted by Crippen LogP contribution is 2.31. The maximum absolute atomic E-state index is 4.55. The van der Waals surface area contributed by atoms with Crippen molar-refractivity contribution in [2.75, 3.05) is 6.54 Å². The molecule has 3 aromatic rings. The highest BCUT2D eigenvalue weighted by molar-refractivity contribution is 7.07. The summed E-state index contributed by atoms with van der Waals surface area (Å²) < 4.78 is 0. The maximum Gasteiger partial charge on any atom is 0.0925 e. The third kappa shape index (κ3) is 2.50. The molecule has 0 saturated heterocycles. The van der Waals surface area contributed by atoms with E-state index in [0.29, 0.717) is 5.92 Å². The monoisotopic (exact) mass is 296 g/mol. The second kappa shape index (κ2) is 5.42. The fraction of sp³-hybridized carbons (Fsp3) is 0.250. The van der Waals surface area contributed by atoms with Crippen LogP contribution in [0, 0.1) is 0 Å². The smallest absolute Gasteiger partial charge is 0.0925 e. The average Bonchev–Trinajstić information content (AvgIpc) is 3.18. The summed E-state index contributed by atoms with van der Waals surface area (Å²) in [6.07, 6.45) is 1.81. The Morgan fingerprint density at radius 1 is 1.24 bits per heavy atom. The fourth-order valence-electron chi connectivity index (χ4n) is 3.01. The lowest BCUT2D eigenvalue weighted by Gasteiger charge is -2.31. The van der Waals surface area contributed by atoms with Gasteiger partial charge in [0.25, 0.3) is 0 Å². The molecule has 21 heavy (non-hydrogen) atoms. The minimum Gasteiger partial charge on any atom is -0.347 e. The van der Waals surface area contributed by atoms with Crippen LogP contribution in [0.15, 0.2) is 47.5 Å². The summed E-state index contributed by atoms with van der Waals surface area (Å²) in [6.45, 7) is 2.79. The van der Waals surface area contributed by atoms with Gasteiger partial charge < -0.3 is 4.98 Å². The van der Waals surface area contributed by atoms with Gasteiger partial charge in [0.05, 0.1) is 28.9 Å². The Balaban J connectivity index is 1.64. The predicted octanol–water partition coefficient (Wildman–Crippen LogP) is 3.01. The van der Waals surface area contributed by atoms with Crippen molar-refractivity contribution in [3.8, 4) is 0 Å². The zero-order chi connectivity index (χ0) is 14.1. The third-order valence-corrected chi connectivity index (χ3v) is 4.61. The van der Waals surface area contributed by atoms with Gasteiger partial charge >= 0.3 is 0 Å². The van der Waals surface area contributed by atoms with E-state index in [2.05, 4.69) is 55.6 Å². The number of benzene rings is 1. The number of aromatic nitrogens is 3. The summed E-state index contributed by atoms with van der Waals surface area (Å²) in [5, 5.41) is 2.12. The van der Waals surface area contributed by atoms with Gasteiger partial charge in [0.2, 0.25) is 0 Å². The lowest BCUT2D eigenvalue weighted by Crippen LogP contribution is -2.33. The molecule has 1 aliphatic heterocycles. The molecule has 0 fully saturated rings. The molecule has 0 amide bonds. The van der Waals surface area contributed by atoms with E-state index in [4.69, 9.17) is 0 Å². The summed E-state index contributed by atoms with van der Waals surface area (Å²) in [4.78, 5) is 14.7. The molecule has 0 bridgehead atoms. The van der Waals surface area contributed by atoms with E-state index in [9.17, 15) is 0 Å². The summed E-state index contributed by atoms with van der Waals surface area (Å²) in [6, 6.07) is 10.6. The Labute approximate surface area is 127 Å². The molecule has 1 unspecified atom stereocenters. The second-order valence-electron chi connectivity index (χ2n) is 5.38. The molecular formula is C16H16N4S. The van der Waals surface area contributed by atoms with Crippen molar-refractivity contribution in [3.63, 3.8) is 0 Å². The van der Waals surface area contributed by atoms with Crippen LogP contribution in [0.2, 0.25) is 0 Å². The molecule has 1 aliphatic rings. The van der Waals surface area contributed by atoms with Crippen molar-refractivity contribution in [3.05, 3.63) is 70.2 Å². The summed E-state index contributed by atoms with van der Waals surface area (Å²) in [5.41, 5.74) is 6.79. The van der Waals surface area contributed by atoms with Gasteiger partial charge in [-0.3, -0.25) is 4.90 Å². The minimum atomic E-state index is 0.333. The van der Waals surface area contributed by atoms with Crippen molar-refractivity contribution in [1.29, 1.82) is 0 Å². The number of hydrogen-bond acceptors (Lipinski definition) is 4. The lowest BCUT2D eigenvalue weighted by molar-refractivity contribution is 0.225. The SMILES string of the molecule is c1ccc(C2CN(Cc3cscn3)Cc3[nH]cnc32)cc1. The zero-order valence-electron chi connectivity index (χ0n) is 11.6. The molecular weight excluding hydrogens is 280 g/mol. The molecule has 4 nitrogen and oxygen atoms in total. The van der Waals surface area contributed by atoms with Crippen LogP contribution in [-0.2, 0) is 13.1 Å². The molecule has 0 radical (unpaired) electrons. The molecule has 5 heteroatoms. The van der Waals surface area contributed by atoms with Gasteiger partial charge in [-0.25, -0.2) is 9.97 Å². The van der Waals surface area contributed by atoms with Crippen LogP contribution in [0.5, 0.6) is 0 Å². The van der Waals surface area contributed by atoms with E-state index >= 15 is 0 Å². The van der Waals surface area contributed by atoms with Crippen molar-refractivity contribution < 1.29 is 0 Å². The van der Waals surface area contributed by atoms with Crippen molar-refractivity contribution in [2.45, 2.75) is 19.0 Å². The highest BCUT2D eigenvalue weighted by Gasteiger charge is 2.28. The number of imidazole rings is 1. The van der Waals surface area contributed by atoms with Crippen LogP contribution < -0.4 is 0 Å². The largest absolute Gasteiger partial charge is 0.347 e. The first-order chi connectivity index (χ1) is 10.4. The topological polar surface area (TPSA) is 44.8 Å². The first-order valence-electron chi connectivity index (χ1n) is 7.06. The number of thiazole rings is 1. The molecule has 0 saturated carbocycles. The first-order valence-corrected chi connectivity index (χ1v) is 8.01. The van der Waals surface area contributed by atoms with E-state index in [1.807, 2.05) is 11.8 Å². The molecule has 1 N–H and O–H groups in total. The quantitative estimate of drug-likeness (QED) is 0.808. The van der Waals surface area contributed by atoms with Gasteiger partial charge in [0.1, 0.15) is 0 Å². The second-order valence-corrected chi connectivity index (χ2v) is 6.10. The van der Waals surface area contributed by atoms with Gasteiger partial charge in [0, 0.05) is 30.9 Å². The molecule has 2 aromatic heterocycles. The maximum atomic E-state index is 4.55. The molecule has 0 spiro atoms. The van der Waals surface area contributed by atoms with Crippen LogP contribution in [-0.4, -0.2) is 26.4 Å². The molecule has 106 valence electrons. The number of fused-ring (bicyclic) bond motifs is 1. The molecule has 0 aliphatic carbocycles. The molecule has 4 rings (SSSR count). The number of rotatable bonds is 3. The lowest BCUT2D eigenvalue weighted by atomic mass is 9.91. The van der Waals surface area contributed by atoms with Crippen LogP contribution in [0.25, 0.3) is 0 Å². The van der Waals surface area contributed by atoms with E-state index in [0.717, 1.165) is 25.3 Å². The van der Waals surface area contributed by atoms with E-state index in [-0.39, 0.29) is 0 Å². The van der Waals surface area contributed by atoms with E-state index < -0.39 is 0 Å². The normalized spacial score (nSPS) is 18.6. The van der Waals surface area contributed by atoms with Crippen LogP contribution in [0.1, 0.15) is 28.6 Å². The van der Waals surface area contributed by atoms with Crippen molar-refractivity contribution in [2.24, 2.45) is 0 Å². The Kier molecular flexibility index (Phi) is 3.29. The van der Waals surface area contributed by atoms with Gasteiger partial charge in [0.15, 0.2) is 0 Å². The summed E-state index contributed by atoms with van der Waals surface area (Å²) in [5.74, 6) is 0.333. The molecule has 1 atom stereocenters. The number of nitrogens with zero attached hydrogens (tertiary/aromatic N) is 3. The summed E-state index contributed by atoms with van der Waals surface area (Å²) >= 11 is 1.65. The minimum absolute atomic E-state index is 0.333. The Morgan fingerprint density at radius 2 is 2.14 bits per heavy atom. The number of hydrogen-bond donors (Lipinski definition) is 1.